The van der Waals surface area contributed by atoms with Crippen molar-refractivity contribution in [3.8, 4) is 0 Å². The minimum absolute atomic E-state index is 0.0112. The van der Waals surface area contributed by atoms with E-state index in [-0.39, 0.29) is 18.2 Å². The lowest BCUT2D eigenvalue weighted by Crippen LogP contribution is -2.46. The highest BCUT2D eigenvalue weighted by molar-refractivity contribution is 5.85. The predicted molar refractivity (Wildman–Crippen MR) is 262 cm³/mol. The largest absolute Gasteiger partial charge is 0.273 e. The van der Waals surface area contributed by atoms with Crippen molar-refractivity contribution in [2.75, 3.05) is 0 Å². The van der Waals surface area contributed by atoms with Gasteiger partial charge in [-0.25, -0.2) is 5.43 Å². The fourth-order valence-electron chi connectivity index (χ4n) is 8.73. The molecule has 59 heavy (non-hydrogen) atoms. The lowest BCUT2D eigenvalue weighted by atomic mass is 9.73. The summed E-state index contributed by atoms with van der Waals surface area (Å²) < 4.78 is 0. The van der Waals surface area contributed by atoms with E-state index < -0.39 is 5.41 Å². The minimum Gasteiger partial charge on any atom is -0.273 e. The molecule has 0 fully saturated rings. The van der Waals surface area contributed by atoms with Gasteiger partial charge in [0.05, 0.1) is 5.41 Å². The summed E-state index contributed by atoms with van der Waals surface area (Å²) in [7, 11) is 0. The number of nitrogens with one attached hydrogen (secondary N) is 1. The summed E-state index contributed by atoms with van der Waals surface area (Å²) in [6.45, 7) is 10.5. The maximum Gasteiger partial charge on any atom is 0.262 e. The highest BCUT2D eigenvalue weighted by atomic mass is 16.2. The summed E-state index contributed by atoms with van der Waals surface area (Å²) in [6, 6.07) is 0. The first-order valence-corrected chi connectivity index (χ1v) is 26.7. The van der Waals surface area contributed by atoms with Gasteiger partial charge in [0.25, 0.3) is 5.91 Å². The fourth-order valence-corrected chi connectivity index (χ4v) is 8.73. The lowest BCUT2D eigenvalue weighted by molar-refractivity contribution is -0.137. The molecule has 1 N–H and O–H groups in total. The quantitative estimate of drug-likeness (QED) is 0.0377. The van der Waals surface area contributed by atoms with Crippen molar-refractivity contribution in [2.24, 2.45) is 5.41 Å². The van der Waals surface area contributed by atoms with Gasteiger partial charge in [-0.05, 0) is 77.6 Å². The zero-order chi connectivity index (χ0) is 43.0. The molecule has 0 aliphatic rings. The molecule has 4 heteroatoms. The molecule has 0 atom stereocenters. The van der Waals surface area contributed by atoms with Crippen LogP contribution in [0.15, 0.2) is 24.3 Å². The van der Waals surface area contributed by atoms with Crippen molar-refractivity contribution in [3.63, 3.8) is 0 Å². The molecule has 0 aliphatic heterocycles. The molecular formula is C55H104N2O2. The molecule has 0 aliphatic carbocycles. The third-order valence-corrected chi connectivity index (χ3v) is 12.8. The first-order chi connectivity index (χ1) is 29.1. The van der Waals surface area contributed by atoms with Crippen LogP contribution in [-0.2, 0) is 9.59 Å². The smallest absolute Gasteiger partial charge is 0.262 e. The standard InChI is InChI=1S/C55H104N2O2/c1-5-9-12-15-18-21-24-27-29-31-33-36-39-42-45-48-51-55(54(59)57-56-53(58)8-4,50-47-44-41-38-35-26-23-20-17-14-11-7-3)52-49-46-43-40-37-34-32-30-28-25-22-19-16-13-10-6-2/h27-30H,4-26,31-52H2,1-3H3,(H,57,59)/b29-27-,30-28-. The molecule has 4 nitrogen and oxygen atoms in total. The molecule has 0 bridgehead atoms. The first-order valence-electron chi connectivity index (χ1n) is 26.7. The second kappa shape index (κ2) is 47.5. The van der Waals surface area contributed by atoms with Gasteiger partial charge in [-0.3, -0.25) is 9.59 Å². The van der Waals surface area contributed by atoms with Crippen LogP contribution in [-0.4, -0.2) is 11.8 Å². The van der Waals surface area contributed by atoms with Crippen molar-refractivity contribution in [3.05, 3.63) is 31.2 Å². The van der Waals surface area contributed by atoms with Gasteiger partial charge in [0.2, 0.25) is 5.91 Å². The molecule has 0 aromatic carbocycles. The Labute approximate surface area is 370 Å². The summed E-state index contributed by atoms with van der Waals surface area (Å²) in [4.78, 5) is 26.1. The second-order valence-corrected chi connectivity index (χ2v) is 18.5. The Hall–Kier alpha value is -1.58. The zero-order valence-corrected chi connectivity index (χ0v) is 40.4. The van der Waals surface area contributed by atoms with Crippen LogP contribution in [0.4, 0.5) is 0 Å². The maximum absolute atomic E-state index is 14.0. The van der Waals surface area contributed by atoms with Crippen LogP contribution in [0.25, 0.3) is 0 Å². The highest BCUT2D eigenvalue weighted by Gasteiger charge is 2.37. The number of nitrogens with zero attached hydrogens (tertiary/aromatic N) is 1. The average Bonchev–Trinajstić information content (AvgIpc) is 3.25. The molecule has 0 unspecified atom stereocenters. The van der Waals surface area contributed by atoms with E-state index in [0.717, 1.165) is 38.5 Å². The molecule has 0 aromatic rings. The molecule has 0 rings (SSSR count). The fraction of sp³-hybridized carbons (Fsp3) is 0.873. The first kappa shape index (κ1) is 57.4. The monoisotopic (exact) mass is 825 g/mol. The van der Waals surface area contributed by atoms with Gasteiger partial charge in [-0.2, -0.15) is 0 Å². The summed E-state index contributed by atoms with van der Waals surface area (Å²) in [5, 5.41) is 0. The number of carbonyl (C=O) groups excluding carboxylic acids is 2. The highest BCUT2D eigenvalue weighted by Crippen LogP contribution is 2.38. The van der Waals surface area contributed by atoms with Crippen LogP contribution in [0.1, 0.15) is 303 Å². The minimum atomic E-state index is -0.426. The second-order valence-electron chi connectivity index (χ2n) is 18.5. The van der Waals surface area contributed by atoms with Gasteiger partial charge < -0.3 is 0 Å². The van der Waals surface area contributed by atoms with E-state index >= 15 is 0 Å². The Kier molecular flexibility index (Phi) is 46.2. The van der Waals surface area contributed by atoms with Gasteiger partial charge in [0.1, 0.15) is 0 Å². The van der Waals surface area contributed by atoms with Crippen LogP contribution < -0.4 is 10.9 Å². The van der Waals surface area contributed by atoms with Crippen LogP contribution in [0.3, 0.4) is 0 Å². The van der Waals surface area contributed by atoms with Crippen molar-refractivity contribution in [1.82, 2.24) is 10.9 Å². The van der Waals surface area contributed by atoms with Crippen molar-refractivity contribution in [2.45, 2.75) is 303 Å². The average molecular weight is 825 g/mol. The zero-order valence-electron chi connectivity index (χ0n) is 40.4. The topological polar surface area (TPSA) is 60.3 Å². The predicted octanol–water partition coefficient (Wildman–Crippen LogP) is 18.3. The Morgan fingerprint density at radius 1 is 0.390 bits per heavy atom. The number of amides is 2. The summed E-state index contributed by atoms with van der Waals surface area (Å²) in [5.74, 6) is -0.352. The van der Waals surface area contributed by atoms with Gasteiger partial charge in [0, 0.05) is 6.42 Å². The van der Waals surface area contributed by atoms with Gasteiger partial charge in [-0.15, -0.1) is 5.43 Å². The number of hydrogen-bond acceptors (Lipinski definition) is 2. The van der Waals surface area contributed by atoms with E-state index in [1.165, 1.54) is 238 Å². The van der Waals surface area contributed by atoms with E-state index in [9.17, 15) is 9.59 Å². The molecular weight excluding hydrogens is 721 g/mol. The SMILES string of the molecule is [CH2]CC(=O)[N]NC(=O)C(CCCCCCCC/C=C\CCCCCCCC)(CCCCCCCC/C=C\CCCCCCCC)CCCCCCCCCCCCCC. The number of allylic oxidation sites excluding steroid dienone is 4. The van der Waals surface area contributed by atoms with Crippen LogP contribution in [0.2, 0.25) is 0 Å². The van der Waals surface area contributed by atoms with E-state index in [4.69, 9.17) is 0 Å². The van der Waals surface area contributed by atoms with Crippen LogP contribution in [0, 0.1) is 12.3 Å². The van der Waals surface area contributed by atoms with Crippen molar-refractivity contribution >= 4 is 11.8 Å². The van der Waals surface area contributed by atoms with Gasteiger partial charge in [0.15, 0.2) is 0 Å². The summed E-state index contributed by atoms with van der Waals surface area (Å²) in [5.41, 5.74) is 6.29. The lowest BCUT2D eigenvalue weighted by Gasteiger charge is -2.33. The van der Waals surface area contributed by atoms with E-state index in [1.54, 1.807) is 0 Å². The molecule has 346 valence electrons. The normalized spacial score (nSPS) is 12.0. The number of hydrogen-bond donors (Lipinski definition) is 1. The number of carbonyl (C=O) groups is 2. The molecule has 2 amide bonds. The molecule has 0 aromatic heterocycles. The summed E-state index contributed by atoms with van der Waals surface area (Å²) in [6.07, 6.45) is 64.5. The molecule has 0 saturated carbocycles. The third kappa shape index (κ3) is 40.3. The number of rotatable bonds is 47. The number of unbranched alkanes of at least 4 members (excludes halogenated alkanes) is 35. The van der Waals surface area contributed by atoms with Gasteiger partial charge in [-0.1, -0.05) is 251 Å². The Balaban J connectivity index is 4.89. The Morgan fingerprint density at radius 3 is 0.881 bits per heavy atom. The van der Waals surface area contributed by atoms with Crippen LogP contribution >= 0.6 is 0 Å². The van der Waals surface area contributed by atoms with E-state index in [0.29, 0.717) is 0 Å². The van der Waals surface area contributed by atoms with Crippen molar-refractivity contribution < 1.29 is 9.59 Å². The van der Waals surface area contributed by atoms with Crippen LogP contribution in [0.5, 0.6) is 0 Å². The third-order valence-electron chi connectivity index (χ3n) is 12.8. The summed E-state index contributed by atoms with van der Waals surface area (Å²) >= 11 is 0. The van der Waals surface area contributed by atoms with Gasteiger partial charge >= 0.3 is 0 Å². The van der Waals surface area contributed by atoms with E-state index in [2.05, 4.69) is 62.9 Å². The van der Waals surface area contributed by atoms with E-state index in [1.807, 2.05) is 0 Å². The molecule has 0 heterocycles. The Morgan fingerprint density at radius 2 is 0.627 bits per heavy atom. The van der Waals surface area contributed by atoms with Crippen molar-refractivity contribution in [1.29, 1.82) is 0 Å². The maximum atomic E-state index is 14.0. The molecule has 2 radical (unpaired) electrons. The Bertz CT molecular complexity index is 884. The molecule has 0 saturated heterocycles. The molecule has 0 spiro atoms.